The zero-order valence-electron chi connectivity index (χ0n) is 14.3. The summed E-state index contributed by atoms with van der Waals surface area (Å²) in [5.41, 5.74) is -5.66. The number of halogens is 6. The number of rotatable bonds is 2. The van der Waals surface area contributed by atoms with E-state index >= 15 is 0 Å². The quantitative estimate of drug-likeness (QED) is 0.441. The number of nitrogens with zero attached hydrogens (tertiary/aromatic N) is 3. The fourth-order valence-electron chi connectivity index (χ4n) is 3.06. The molecule has 30 heavy (non-hydrogen) atoms. The van der Waals surface area contributed by atoms with Crippen LogP contribution in [-0.4, -0.2) is 15.8 Å². The van der Waals surface area contributed by atoms with Crippen LogP contribution in [-0.2, 0) is 12.4 Å². The van der Waals surface area contributed by atoms with E-state index in [9.17, 15) is 46.9 Å². The minimum absolute atomic E-state index is 0.112. The molecule has 0 bridgehead atoms. The molecule has 0 saturated carbocycles. The predicted molar refractivity (Wildman–Crippen MR) is 84.9 cm³/mol. The van der Waals surface area contributed by atoms with Crippen molar-refractivity contribution in [1.82, 2.24) is 5.16 Å². The van der Waals surface area contributed by atoms with Crippen LogP contribution in [0.25, 0.3) is 6.08 Å². The molecular formula is C16H8F6N4O4. The summed E-state index contributed by atoms with van der Waals surface area (Å²) < 4.78 is 83.0. The third-order valence-electron chi connectivity index (χ3n) is 4.38. The maximum absolute atomic E-state index is 13.1. The van der Waals surface area contributed by atoms with Gasteiger partial charge in [0.05, 0.1) is 29.0 Å². The van der Waals surface area contributed by atoms with Crippen LogP contribution in [0.2, 0.25) is 0 Å². The SMILES string of the molecule is N#CC(c1cc(C(F)(F)F)cc(C(F)(F)F)c1)C1C=Cc2c([nH]o[n+]2=O)C1=[N+]([O-])[O-]. The molecule has 2 aromatic rings. The van der Waals surface area contributed by atoms with Crippen LogP contribution in [0.4, 0.5) is 26.3 Å². The molecule has 158 valence electrons. The number of aromatic nitrogens is 2. The van der Waals surface area contributed by atoms with Gasteiger partial charge in [-0.3, -0.25) is 0 Å². The number of hydrogen-bond donors (Lipinski definition) is 1. The molecule has 2 atom stereocenters. The molecule has 1 N–H and O–H groups in total. The molecule has 1 aromatic heterocycles. The molecule has 0 radical (unpaired) electrons. The van der Waals surface area contributed by atoms with E-state index in [4.69, 9.17) is 0 Å². The summed E-state index contributed by atoms with van der Waals surface area (Å²) in [5, 5.41) is 34.5. The second-order valence-corrected chi connectivity index (χ2v) is 6.18. The normalized spacial score (nSPS) is 17.4. The highest BCUT2D eigenvalue weighted by atomic mass is 19.4. The van der Waals surface area contributed by atoms with Crippen LogP contribution >= 0.6 is 0 Å². The molecule has 0 fully saturated rings. The molecule has 3 rings (SSSR count). The number of hydrogen-bond acceptors (Lipinski definition) is 5. The summed E-state index contributed by atoms with van der Waals surface area (Å²) in [6.45, 7) is 0. The first-order valence-corrected chi connectivity index (χ1v) is 7.88. The Morgan fingerprint density at radius 3 is 2.17 bits per heavy atom. The number of nitriles is 1. The highest BCUT2D eigenvalue weighted by Crippen LogP contribution is 2.40. The van der Waals surface area contributed by atoms with Gasteiger partial charge < -0.3 is 10.4 Å². The average Bonchev–Trinajstić information content (AvgIpc) is 3.01. The minimum Gasteiger partial charge on any atom is -0.612 e. The smallest absolute Gasteiger partial charge is 0.416 e. The van der Waals surface area contributed by atoms with E-state index in [1.807, 2.05) is 5.16 Å². The van der Waals surface area contributed by atoms with Crippen LogP contribution in [0.15, 0.2) is 28.9 Å². The number of fused-ring (bicyclic) bond motifs is 1. The Kier molecular flexibility index (Phi) is 4.85. The van der Waals surface area contributed by atoms with Gasteiger partial charge in [0.15, 0.2) is 4.60 Å². The molecule has 14 heteroatoms. The van der Waals surface area contributed by atoms with Gasteiger partial charge in [0.1, 0.15) is 0 Å². The Hall–Kier alpha value is -3.76. The number of nitrogens with one attached hydrogen (secondary N) is 1. The van der Waals surface area contributed by atoms with Gasteiger partial charge in [-0.05, 0) is 34.7 Å². The third kappa shape index (κ3) is 3.61. The summed E-state index contributed by atoms with van der Waals surface area (Å²) in [4.78, 5) is 10.5. The predicted octanol–water partition coefficient (Wildman–Crippen LogP) is 3.31. The number of allylic oxidation sites excluding steroid dienone is 1. The summed E-state index contributed by atoms with van der Waals surface area (Å²) in [5.74, 6) is -3.38. The lowest BCUT2D eigenvalue weighted by Gasteiger charge is -2.23. The van der Waals surface area contributed by atoms with Gasteiger partial charge in [0.25, 0.3) is 17.1 Å². The monoisotopic (exact) mass is 434 g/mol. The number of alkyl halides is 6. The van der Waals surface area contributed by atoms with Crippen molar-refractivity contribution in [3.63, 3.8) is 0 Å². The van der Waals surface area contributed by atoms with E-state index in [1.165, 1.54) is 6.07 Å². The Balaban J connectivity index is 2.21. The molecule has 0 aliphatic heterocycles. The van der Waals surface area contributed by atoms with Crippen molar-refractivity contribution in [3.05, 3.63) is 67.7 Å². The highest BCUT2D eigenvalue weighted by molar-refractivity contribution is 6.03. The zero-order valence-corrected chi connectivity index (χ0v) is 14.3. The van der Waals surface area contributed by atoms with Gasteiger partial charge in [-0.25, -0.2) is 0 Å². The highest BCUT2D eigenvalue weighted by Gasteiger charge is 2.44. The maximum atomic E-state index is 13.1. The minimum atomic E-state index is -5.16. The van der Waals surface area contributed by atoms with Gasteiger partial charge in [-0.1, -0.05) is 15.9 Å². The zero-order chi connectivity index (χ0) is 22.4. The Bertz CT molecular complexity index is 1120. The van der Waals surface area contributed by atoms with E-state index in [0.29, 0.717) is 12.1 Å². The van der Waals surface area contributed by atoms with Crippen molar-refractivity contribution >= 4 is 11.8 Å². The Labute approximate surface area is 161 Å². The van der Waals surface area contributed by atoms with Gasteiger partial charge in [0.2, 0.25) is 0 Å². The van der Waals surface area contributed by atoms with Crippen LogP contribution in [0.1, 0.15) is 34.0 Å². The number of benzene rings is 1. The Morgan fingerprint density at radius 1 is 1.13 bits per heavy atom. The number of aromatic amines is 1. The summed E-state index contributed by atoms with van der Waals surface area (Å²) >= 11 is 0. The second kappa shape index (κ2) is 6.94. The molecule has 1 heterocycles. The van der Waals surface area contributed by atoms with Gasteiger partial charge in [-0.15, -0.1) is 0 Å². The van der Waals surface area contributed by atoms with Crippen molar-refractivity contribution in [2.75, 3.05) is 0 Å². The van der Waals surface area contributed by atoms with E-state index in [2.05, 4.69) is 4.63 Å². The standard InChI is InChI=1S/C16H8F6N4O4/c17-15(18,19)8-3-7(4-9(5-8)16(20,21)22)11(6-23)10-1-2-12-13(14(10)25(27)28)24-30-26(12)29/h1-5,10-11,24H. The summed E-state index contributed by atoms with van der Waals surface area (Å²) in [6.07, 6.45) is -8.33. The van der Waals surface area contributed by atoms with E-state index in [0.717, 1.165) is 12.2 Å². The van der Waals surface area contributed by atoms with E-state index in [-0.39, 0.29) is 16.4 Å². The molecular weight excluding hydrogens is 426 g/mol. The molecule has 0 amide bonds. The molecule has 2 unspecified atom stereocenters. The molecule has 8 nitrogen and oxygen atoms in total. The van der Waals surface area contributed by atoms with Crippen molar-refractivity contribution in [3.8, 4) is 6.07 Å². The Morgan fingerprint density at radius 2 is 1.70 bits per heavy atom. The molecule has 1 aromatic carbocycles. The average molecular weight is 434 g/mol. The lowest BCUT2D eigenvalue weighted by molar-refractivity contribution is -0.714. The second-order valence-electron chi connectivity index (χ2n) is 6.18. The number of H-pyrrole nitrogens is 1. The van der Waals surface area contributed by atoms with Crippen molar-refractivity contribution < 1.29 is 40.5 Å². The fraction of sp³-hybridized carbons (Fsp3) is 0.250. The van der Waals surface area contributed by atoms with Crippen LogP contribution in [0.5, 0.6) is 0 Å². The largest absolute Gasteiger partial charge is 0.612 e. The molecule has 0 spiro atoms. The van der Waals surface area contributed by atoms with Crippen molar-refractivity contribution in [1.29, 1.82) is 5.26 Å². The lowest BCUT2D eigenvalue weighted by Crippen LogP contribution is -2.31. The first kappa shape index (κ1) is 21.0. The van der Waals surface area contributed by atoms with E-state index < -0.39 is 57.2 Å². The van der Waals surface area contributed by atoms with Crippen LogP contribution < -0.4 is 4.60 Å². The lowest BCUT2D eigenvalue weighted by atomic mass is 9.79. The van der Waals surface area contributed by atoms with Crippen molar-refractivity contribution in [2.24, 2.45) is 5.92 Å². The van der Waals surface area contributed by atoms with Gasteiger partial charge in [0, 0.05) is 0 Å². The summed E-state index contributed by atoms with van der Waals surface area (Å²) in [6, 6.07) is 2.07. The summed E-state index contributed by atoms with van der Waals surface area (Å²) in [7, 11) is 0. The van der Waals surface area contributed by atoms with Crippen LogP contribution in [0, 0.1) is 32.6 Å². The molecule has 1 aliphatic carbocycles. The van der Waals surface area contributed by atoms with Crippen LogP contribution in [0.3, 0.4) is 0 Å². The van der Waals surface area contributed by atoms with E-state index in [1.54, 1.807) is 0 Å². The van der Waals surface area contributed by atoms with Gasteiger partial charge >= 0.3 is 12.4 Å². The molecule has 1 aliphatic rings. The maximum Gasteiger partial charge on any atom is 0.416 e. The fourth-order valence-corrected chi connectivity index (χ4v) is 3.06. The molecule has 0 saturated heterocycles. The first-order chi connectivity index (χ1) is 13.8. The topological polar surface area (TPSA) is 125 Å². The van der Waals surface area contributed by atoms with Crippen molar-refractivity contribution in [2.45, 2.75) is 18.3 Å². The first-order valence-electron chi connectivity index (χ1n) is 7.88. The third-order valence-corrected chi connectivity index (χ3v) is 4.38. The van der Waals surface area contributed by atoms with Gasteiger partial charge in [-0.2, -0.15) is 36.5 Å².